The van der Waals surface area contributed by atoms with Crippen LogP contribution >= 0.6 is 11.3 Å². The summed E-state index contributed by atoms with van der Waals surface area (Å²) in [6.45, 7) is 0.880. The van der Waals surface area contributed by atoms with Crippen LogP contribution in [0.3, 0.4) is 0 Å². The van der Waals surface area contributed by atoms with Gasteiger partial charge in [0.15, 0.2) is 0 Å². The van der Waals surface area contributed by atoms with E-state index < -0.39 is 10.0 Å². The Labute approximate surface area is 156 Å². The van der Waals surface area contributed by atoms with Crippen LogP contribution in [0.4, 0.5) is 0 Å². The van der Waals surface area contributed by atoms with Crippen LogP contribution in [0.1, 0.15) is 29.3 Å². The van der Waals surface area contributed by atoms with E-state index in [-0.39, 0.29) is 16.4 Å². The molecule has 0 amide bonds. The van der Waals surface area contributed by atoms with Gasteiger partial charge in [-0.25, -0.2) is 13.4 Å². The molecule has 0 aliphatic carbocycles. The smallest absolute Gasteiger partial charge is 0.241 e. The van der Waals surface area contributed by atoms with Crippen molar-refractivity contribution in [1.29, 1.82) is 5.26 Å². The van der Waals surface area contributed by atoms with Gasteiger partial charge in [0.25, 0.3) is 0 Å². The molecule has 7 heteroatoms. The molecule has 0 spiro atoms. The minimum atomic E-state index is -3.69. The molecule has 2 heterocycles. The lowest BCUT2D eigenvalue weighted by Gasteiger charge is -2.31. The minimum absolute atomic E-state index is 0.0881. The molecule has 26 heavy (non-hydrogen) atoms. The van der Waals surface area contributed by atoms with E-state index in [1.54, 1.807) is 29.5 Å². The molecule has 0 radical (unpaired) electrons. The van der Waals surface area contributed by atoms with Gasteiger partial charge in [-0.3, -0.25) is 0 Å². The van der Waals surface area contributed by atoms with Gasteiger partial charge in [-0.15, -0.1) is 11.3 Å². The van der Waals surface area contributed by atoms with Crippen LogP contribution in [0, 0.1) is 11.3 Å². The lowest BCUT2D eigenvalue weighted by atomic mass is 10.0. The topological polar surface area (TPSA) is 74.1 Å². The zero-order chi connectivity index (χ0) is 18.1. The van der Waals surface area contributed by atoms with E-state index in [2.05, 4.69) is 0 Å². The number of fused-ring (bicyclic) bond motifs is 1. The molecular formula is C19H17N3O2S2. The van der Waals surface area contributed by atoms with Crippen LogP contribution in [0.2, 0.25) is 0 Å². The molecule has 132 valence electrons. The van der Waals surface area contributed by atoms with Gasteiger partial charge in [0.1, 0.15) is 6.07 Å². The number of hydrogen-bond acceptors (Lipinski definition) is 5. The van der Waals surface area contributed by atoms with Gasteiger partial charge >= 0.3 is 0 Å². The molecule has 1 aromatic heterocycles. The molecule has 5 nitrogen and oxygen atoms in total. The Kier molecular flexibility index (Phi) is 4.49. The van der Waals surface area contributed by atoms with Crippen molar-refractivity contribution >= 4 is 31.6 Å². The van der Waals surface area contributed by atoms with Crippen molar-refractivity contribution in [2.24, 2.45) is 0 Å². The van der Waals surface area contributed by atoms with E-state index in [1.165, 1.54) is 10.4 Å². The Morgan fingerprint density at radius 2 is 1.92 bits per heavy atom. The monoisotopic (exact) mass is 383 g/mol. The number of sulfonamides is 1. The Hall–Kier alpha value is -2.27. The molecule has 3 aromatic rings. The summed E-state index contributed by atoms with van der Waals surface area (Å²) in [5.74, 6) is 0.0881. The van der Waals surface area contributed by atoms with Gasteiger partial charge in [0.05, 0.1) is 25.7 Å². The van der Waals surface area contributed by atoms with Gasteiger partial charge < -0.3 is 0 Å². The summed E-state index contributed by atoms with van der Waals surface area (Å²) in [5, 5.41) is 10.2. The third kappa shape index (κ3) is 3.01. The number of thiazole rings is 1. The third-order valence-corrected chi connectivity index (χ3v) is 7.79. The zero-order valence-corrected chi connectivity index (χ0v) is 15.6. The third-order valence-electron chi connectivity index (χ3n) is 4.67. The number of hydrogen-bond donors (Lipinski definition) is 0. The molecule has 0 bridgehead atoms. The number of benzene rings is 2. The van der Waals surface area contributed by atoms with Gasteiger partial charge in [-0.2, -0.15) is 9.57 Å². The van der Waals surface area contributed by atoms with Crippen molar-refractivity contribution in [3.05, 3.63) is 59.1 Å². The van der Waals surface area contributed by atoms with E-state index in [1.807, 2.05) is 30.3 Å². The second kappa shape index (κ2) is 6.80. The quantitative estimate of drug-likeness (QED) is 0.691. The van der Waals surface area contributed by atoms with Gasteiger partial charge in [0, 0.05) is 19.0 Å². The highest BCUT2D eigenvalue weighted by Gasteiger charge is 2.33. The minimum Gasteiger partial charge on any atom is -0.241 e. The van der Waals surface area contributed by atoms with Crippen molar-refractivity contribution in [2.45, 2.75) is 23.7 Å². The standard InChI is InChI=1S/C19H17N3O2S2/c20-12-14-6-1-4-10-18(14)26(23,24)22-11-5-7-15(13-22)19-21-16-8-2-3-9-17(16)25-19/h1-4,6,8-10,15H,5,7,11,13H2/t15-/m1/s1. The molecule has 1 aliphatic rings. The maximum absolute atomic E-state index is 13.1. The molecule has 1 aliphatic heterocycles. The average molecular weight is 383 g/mol. The van der Waals surface area contributed by atoms with Crippen molar-refractivity contribution < 1.29 is 8.42 Å². The van der Waals surface area contributed by atoms with Crippen molar-refractivity contribution in [2.75, 3.05) is 13.1 Å². The maximum atomic E-state index is 13.1. The first-order chi connectivity index (χ1) is 12.6. The van der Waals surface area contributed by atoms with Gasteiger partial charge in [-0.1, -0.05) is 24.3 Å². The summed E-state index contributed by atoms with van der Waals surface area (Å²) >= 11 is 1.63. The Morgan fingerprint density at radius 3 is 2.73 bits per heavy atom. The van der Waals surface area contributed by atoms with Gasteiger partial charge in [0.2, 0.25) is 10.0 Å². The fraction of sp³-hybridized carbons (Fsp3) is 0.263. The molecule has 1 fully saturated rings. The molecule has 0 saturated carbocycles. The molecule has 0 N–H and O–H groups in total. The number of rotatable bonds is 3. The molecular weight excluding hydrogens is 366 g/mol. The summed E-state index contributed by atoms with van der Waals surface area (Å²) in [4.78, 5) is 4.79. The summed E-state index contributed by atoms with van der Waals surface area (Å²) in [6, 6.07) is 16.3. The predicted molar refractivity (Wildman–Crippen MR) is 102 cm³/mol. The lowest BCUT2D eigenvalue weighted by Crippen LogP contribution is -2.39. The van der Waals surface area contributed by atoms with Crippen LogP contribution in [0.15, 0.2) is 53.4 Å². The number of nitriles is 1. The largest absolute Gasteiger partial charge is 0.244 e. The zero-order valence-electron chi connectivity index (χ0n) is 14.0. The lowest BCUT2D eigenvalue weighted by molar-refractivity contribution is 0.315. The fourth-order valence-corrected chi connectivity index (χ4v) is 6.11. The molecule has 0 unspecified atom stereocenters. The van der Waals surface area contributed by atoms with Crippen LogP contribution in [0.25, 0.3) is 10.2 Å². The van der Waals surface area contributed by atoms with Gasteiger partial charge in [-0.05, 0) is 37.1 Å². The van der Waals surface area contributed by atoms with Crippen LogP contribution in [-0.2, 0) is 10.0 Å². The summed E-state index contributed by atoms with van der Waals surface area (Å²) in [5.41, 5.74) is 1.15. The summed E-state index contributed by atoms with van der Waals surface area (Å²) in [7, 11) is -3.69. The normalized spacial score (nSPS) is 18.7. The second-order valence-corrected chi connectivity index (χ2v) is 9.30. The number of piperidine rings is 1. The summed E-state index contributed by atoms with van der Waals surface area (Å²) < 4.78 is 28.8. The first kappa shape index (κ1) is 17.2. The number of nitrogens with zero attached hydrogens (tertiary/aromatic N) is 3. The Bertz CT molecular complexity index is 1070. The van der Waals surface area contributed by atoms with Crippen LogP contribution in [0.5, 0.6) is 0 Å². The highest BCUT2D eigenvalue weighted by molar-refractivity contribution is 7.89. The number of aromatic nitrogens is 1. The van der Waals surface area contributed by atoms with E-state index in [0.717, 1.165) is 28.1 Å². The highest BCUT2D eigenvalue weighted by atomic mass is 32.2. The van der Waals surface area contributed by atoms with E-state index in [4.69, 9.17) is 4.98 Å². The van der Waals surface area contributed by atoms with Crippen molar-refractivity contribution in [3.8, 4) is 6.07 Å². The first-order valence-electron chi connectivity index (χ1n) is 8.44. The first-order valence-corrected chi connectivity index (χ1v) is 10.7. The van der Waals surface area contributed by atoms with Crippen molar-refractivity contribution in [1.82, 2.24) is 9.29 Å². The molecule has 4 rings (SSSR count). The predicted octanol–water partition coefficient (Wildman–Crippen LogP) is 3.74. The second-order valence-electron chi connectivity index (χ2n) is 6.33. The molecule has 1 atom stereocenters. The van der Waals surface area contributed by atoms with Crippen LogP contribution < -0.4 is 0 Å². The number of para-hydroxylation sites is 1. The Morgan fingerprint density at radius 1 is 1.15 bits per heavy atom. The van der Waals surface area contributed by atoms with Crippen LogP contribution in [-0.4, -0.2) is 30.8 Å². The SMILES string of the molecule is N#Cc1ccccc1S(=O)(=O)N1CCC[C@@H](c2nc3ccccc3s2)C1. The molecule has 1 saturated heterocycles. The van der Waals surface area contributed by atoms with E-state index in [9.17, 15) is 13.7 Å². The van der Waals surface area contributed by atoms with Crippen molar-refractivity contribution in [3.63, 3.8) is 0 Å². The Balaban J connectivity index is 1.65. The average Bonchev–Trinajstić information content (AvgIpc) is 3.12. The summed E-state index contributed by atoms with van der Waals surface area (Å²) in [6.07, 6.45) is 1.71. The maximum Gasteiger partial charge on any atom is 0.244 e. The highest BCUT2D eigenvalue weighted by Crippen LogP contribution is 2.35. The van der Waals surface area contributed by atoms with E-state index in [0.29, 0.717) is 13.1 Å². The fourth-order valence-electron chi connectivity index (χ4n) is 3.35. The van der Waals surface area contributed by atoms with E-state index >= 15 is 0 Å². The molecule has 2 aromatic carbocycles.